The number of fused-ring (bicyclic) bond motifs is 3. The van der Waals surface area contributed by atoms with Crippen LogP contribution in [-0.4, -0.2) is 40.3 Å². The van der Waals surface area contributed by atoms with Gasteiger partial charge in [-0.3, -0.25) is 0 Å². The molecule has 2 saturated carbocycles. The molecule has 4 fully saturated rings. The molecule has 36 heavy (non-hydrogen) atoms. The molecule has 0 amide bonds. The second-order valence-corrected chi connectivity index (χ2v) is 12.5. The Morgan fingerprint density at radius 2 is 1.92 bits per heavy atom. The van der Waals surface area contributed by atoms with Gasteiger partial charge in [-0.1, -0.05) is 36.7 Å². The molecule has 0 radical (unpaired) electrons. The number of hydrogen-bond donors (Lipinski definition) is 1. The van der Waals surface area contributed by atoms with E-state index in [-0.39, 0.29) is 22.5 Å². The number of benzene rings is 1. The first-order chi connectivity index (χ1) is 17.3. The topological polar surface area (TPSA) is 60.8 Å². The smallest absolute Gasteiger partial charge is 0.194 e. The Morgan fingerprint density at radius 3 is 2.78 bits per heavy atom. The van der Waals surface area contributed by atoms with Crippen LogP contribution in [-0.2, 0) is 19.8 Å². The minimum absolute atomic E-state index is 0.232. The van der Waals surface area contributed by atoms with Gasteiger partial charge in [0.1, 0.15) is 5.15 Å². The summed E-state index contributed by atoms with van der Waals surface area (Å²) in [4.78, 5) is 4.28. The summed E-state index contributed by atoms with van der Waals surface area (Å²) in [5, 5.41) is 14.9. The van der Waals surface area contributed by atoms with E-state index >= 15 is 0 Å². The number of halogens is 1. The first-order valence-electron chi connectivity index (χ1n) is 13.5. The third-order valence-corrected chi connectivity index (χ3v) is 11.1. The number of pyridine rings is 1. The largest absolute Gasteiger partial charge is 0.385 e. The lowest BCUT2D eigenvalue weighted by Gasteiger charge is -2.56. The van der Waals surface area contributed by atoms with Crippen molar-refractivity contribution in [3.05, 3.63) is 64.5 Å². The molecule has 1 N–H and O–H groups in total. The van der Waals surface area contributed by atoms with Gasteiger partial charge >= 0.3 is 0 Å². The van der Waals surface area contributed by atoms with E-state index in [1.54, 1.807) is 6.20 Å². The summed E-state index contributed by atoms with van der Waals surface area (Å²) in [5.74, 6) is -0.374. The number of hydrogen-bond acceptors (Lipinski definition) is 5. The zero-order chi connectivity index (χ0) is 24.4. The van der Waals surface area contributed by atoms with Crippen molar-refractivity contribution in [3.8, 4) is 0 Å². The van der Waals surface area contributed by atoms with Crippen LogP contribution in [0.25, 0.3) is 10.8 Å². The van der Waals surface area contributed by atoms with Gasteiger partial charge in [-0.15, -0.1) is 0 Å². The molecule has 8 rings (SSSR count). The third-order valence-electron chi connectivity index (χ3n) is 10.8. The second kappa shape index (κ2) is 7.00. The van der Waals surface area contributed by atoms with Crippen LogP contribution in [0.15, 0.2) is 53.8 Å². The standard InChI is InChI=1S/C30H32ClNO4/c1-26-10-5-20-18-24-27(8-2-9-30(24)34-15-16-35-30)12-13-28(20,36-27)23(26)6-11-29(26,33)21-4-3-19-7-14-32-25(31)22(19)17-21/h3-5,7,14,17-18,23,33H,2,6,8-13,15-16H2,1H3/t23-,26+,27+,28-,29-/m1/s1. The third kappa shape index (κ3) is 2.50. The maximum atomic E-state index is 12.5. The van der Waals surface area contributed by atoms with Crippen molar-refractivity contribution in [2.24, 2.45) is 11.3 Å². The number of aromatic nitrogens is 1. The SMILES string of the molecule is C[C@]12CC=C3C=C4C5(CCC[C@]46CC[C@]3(O6)[C@@H]1CC[C@@]2(O)c1ccc2ccnc(Cl)c2c1)OCCO5. The zero-order valence-electron chi connectivity index (χ0n) is 20.7. The van der Waals surface area contributed by atoms with Gasteiger partial charge in [0.2, 0.25) is 0 Å². The van der Waals surface area contributed by atoms with E-state index < -0.39 is 11.4 Å². The molecule has 1 aromatic carbocycles. The molecule has 6 heteroatoms. The van der Waals surface area contributed by atoms with Gasteiger partial charge in [-0.25, -0.2) is 4.98 Å². The van der Waals surface area contributed by atoms with Crippen LogP contribution in [0.1, 0.15) is 63.9 Å². The Hall–Kier alpha value is -1.76. The molecule has 6 aliphatic rings. The molecule has 188 valence electrons. The van der Waals surface area contributed by atoms with E-state index in [9.17, 15) is 5.11 Å². The highest BCUT2D eigenvalue weighted by Gasteiger charge is 2.71. The summed E-state index contributed by atoms with van der Waals surface area (Å²) in [6, 6.07) is 8.17. The van der Waals surface area contributed by atoms with Crippen LogP contribution in [0.2, 0.25) is 5.15 Å². The van der Waals surface area contributed by atoms with E-state index in [1.807, 2.05) is 6.07 Å². The van der Waals surface area contributed by atoms with Crippen LogP contribution in [0.5, 0.6) is 0 Å². The fourth-order valence-electron chi connectivity index (χ4n) is 9.07. The molecule has 5 nitrogen and oxygen atoms in total. The molecule has 3 spiro atoms. The Bertz CT molecular complexity index is 1360. The molecule has 3 aliphatic heterocycles. The van der Waals surface area contributed by atoms with Crippen molar-refractivity contribution in [1.82, 2.24) is 4.98 Å². The summed E-state index contributed by atoms with van der Waals surface area (Å²) in [6.45, 7) is 3.58. The van der Waals surface area contributed by atoms with Gasteiger partial charge in [-0.05, 0) is 79.7 Å². The quantitative estimate of drug-likeness (QED) is 0.483. The minimum atomic E-state index is -0.962. The number of allylic oxidation sites excluding steroid dienone is 1. The molecule has 2 aromatic rings. The second-order valence-electron chi connectivity index (χ2n) is 12.1. The highest BCUT2D eigenvalue weighted by Crippen LogP contribution is 2.71. The molecule has 0 unspecified atom stereocenters. The molecule has 4 heterocycles. The first-order valence-corrected chi connectivity index (χ1v) is 13.9. The normalized spacial score (nSPS) is 42.1. The van der Waals surface area contributed by atoms with Gasteiger partial charge in [0.15, 0.2) is 5.79 Å². The number of aliphatic hydroxyl groups is 1. The number of nitrogens with zero attached hydrogens (tertiary/aromatic N) is 1. The van der Waals surface area contributed by atoms with E-state index in [2.05, 4.69) is 42.3 Å². The van der Waals surface area contributed by atoms with E-state index in [0.717, 1.165) is 61.3 Å². The fraction of sp³-hybridized carbons (Fsp3) is 0.567. The molecular weight excluding hydrogens is 474 g/mol. The lowest BCUT2D eigenvalue weighted by atomic mass is 9.56. The average molecular weight is 506 g/mol. The van der Waals surface area contributed by atoms with Crippen LogP contribution in [0.3, 0.4) is 0 Å². The maximum absolute atomic E-state index is 12.5. The highest BCUT2D eigenvalue weighted by atomic mass is 35.5. The molecule has 5 atom stereocenters. The lowest BCUT2D eigenvalue weighted by Crippen LogP contribution is -2.58. The Balaban J connectivity index is 1.25. The van der Waals surface area contributed by atoms with E-state index in [4.69, 9.17) is 25.8 Å². The fourth-order valence-corrected chi connectivity index (χ4v) is 9.29. The Morgan fingerprint density at radius 1 is 1.06 bits per heavy atom. The molecule has 2 bridgehead atoms. The molecule has 2 saturated heterocycles. The van der Waals surface area contributed by atoms with E-state index in [1.165, 1.54) is 11.1 Å². The summed E-state index contributed by atoms with van der Waals surface area (Å²) in [5.41, 5.74) is 1.47. The summed E-state index contributed by atoms with van der Waals surface area (Å²) in [6.07, 6.45) is 13.9. The summed E-state index contributed by atoms with van der Waals surface area (Å²) >= 11 is 6.46. The van der Waals surface area contributed by atoms with Crippen LogP contribution < -0.4 is 0 Å². The van der Waals surface area contributed by atoms with Crippen LogP contribution in [0.4, 0.5) is 0 Å². The van der Waals surface area contributed by atoms with Crippen molar-refractivity contribution < 1.29 is 19.3 Å². The van der Waals surface area contributed by atoms with Crippen LogP contribution in [0, 0.1) is 11.3 Å². The predicted octanol–water partition coefficient (Wildman–Crippen LogP) is 5.98. The molecular formula is C30H32ClNO4. The Labute approximate surface area is 216 Å². The first kappa shape index (κ1) is 22.2. The highest BCUT2D eigenvalue weighted by molar-refractivity contribution is 6.34. The summed E-state index contributed by atoms with van der Waals surface area (Å²) in [7, 11) is 0. The van der Waals surface area contributed by atoms with Gasteiger partial charge in [0, 0.05) is 34.9 Å². The average Bonchev–Trinajstić information content (AvgIpc) is 3.54. The zero-order valence-corrected chi connectivity index (χ0v) is 21.4. The molecule has 1 aromatic heterocycles. The van der Waals surface area contributed by atoms with Crippen LogP contribution >= 0.6 is 11.6 Å². The summed E-state index contributed by atoms with van der Waals surface area (Å²) < 4.78 is 19.9. The van der Waals surface area contributed by atoms with Crippen molar-refractivity contribution >= 4 is 22.4 Å². The lowest BCUT2D eigenvalue weighted by molar-refractivity contribution is -0.206. The predicted molar refractivity (Wildman–Crippen MR) is 137 cm³/mol. The monoisotopic (exact) mass is 505 g/mol. The van der Waals surface area contributed by atoms with Gasteiger partial charge in [-0.2, -0.15) is 0 Å². The number of rotatable bonds is 1. The van der Waals surface area contributed by atoms with Crippen molar-refractivity contribution in [2.75, 3.05) is 13.2 Å². The van der Waals surface area contributed by atoms with Gasteiger partial charge in [0.25, 0.3) is 0 Å². The van der Waals surface area contributed by atoms with E-state index in [0.29, 0.717) is 24.8 Å². The van der Waals surface area contributed by atoms with Crippen molar-refractivity contribution in [2.45, 2.75) is 80.9 Å². The minimum Gasteiger partial charge on any atom is -0.385 e. The van der Waals surface area contributed by atoms with Crippen molar-refractivity contribution in [1.29, 1.82) is 0 Å². The van der Waals surface area contributed by atoms with Gasteiger partial charge in [0.05, 0.1) is 30.0 Å². The molecule has 3 aliphatic carbocycles. The van der Waals surface area contributed by atoms with Gasteiger partial charge < -0.3 is 19.3 Å². The maximum Gasteiger partial charge on any atom is 0.194 e. The Kier molecular flexibility index (Phi) is 4.33. The number of ether oxygens (including phenoxy) is 3. The van der Waals surface area contributed by atoms with Crippen molar-refractivity contribution in [3.63, 3.8) is 0 Å².